The number of hydrogen-bond acceptors (Lipinski definition) is 5. The van der Waals surface area contributed by atoms with Gasteiger partial charge in [0.25, 0.3) is 0 Å². The Morgan fingerprint density at radius 2 is 2.12 bits per heavy atom. The molecule has 0 amide bonds. The fourth-order valence-corrected chi connectivity index (χ4v) is 1.32. The third kappa shape index (κ3) is 3.56. The van der Waals surface area contributed by atoms with E-state index in [-0.39, 0.29) is 6.42 Å². The van der Waals surface area contributed by atoms with Crippen LogP contribution in [0.25, 0.3) is 0 Å². The first-order chi connectivity index (χ1) is 8.21. The van der Waals surface area contributed by atoms with Gasteiger partial charge in [0.15, 0.2) is 0 Å². The maximum atomic E-state index is 11.1. The Morgan fingerprint density at radius 3 is 2.59 bits per heavy atom. The summed E-state index contributed by atoms with van der Waals surface area (Å²) in [5, 5.41) is 8.64. The number of carbonyl (C=O) groups is 1. The molecule has 0 aromatic heterocycles. The molecule has 86 valence electrons. The first kappa shape index (κ1) is 12.6. The average molecular weight is 230 g/mol. The Balaban J connectivity index is 2.93. The summed E-state index contributed by atoms with van der Waals surface area (Å²) in [5.74, 6) is -0.460. The molecule has 0 fully saturated rings. The third-order valence-electron chi connectivity index (χ3n) is 2.22. The van der Waals surface area contributed by atoms with Gasteiger partial charge in [0.1, 0.15) is 0 Å². The lowest BCUT2D eigenvalue weighted by atomic mass is 10.0. The molecule has 1 aromatic carbocycles. The highest BCUT2D eigenvalue weighted by Crippen LogP contribution is 2.21. The van der Waals surface area contributed by atoms with Crippen LogP contribution in [0.1, 0.15) is 23.6 Å². The number of benzene rings is 1. The summed E-state index contributed by atoms with van der Waals surface area (Å²) in [6.07, 6.45) is 1.40. The molecule has 0 aliphatic carbocycles. The molecule has 0 saturated carbocycles. The van der Waals surface area contributed by atoms with Gasteiger partial charge in [0.2, 0.25) is 6.08 Å². The first-order valence-electron chi connectivity index (χ1n) is 4.85. The van der Waals surface area contributed by atoms with Crippen molar-refractivity contribution in [2.45, 2.75) is 12.5 Å². The van der Waals surface area contributed by atoms with E-state index in [4.69, 9.17) is 5.26 Å². The number of carbonyl (C=O) groups excluding carboxylic acids is 2. The van der Waals surface area contributed by atoms with Crippen LogP contribution in [0.3, 0.4) is 0 Å². The highest BCUT2D eigenvalue weighted by Gasteiger charge is 2.15. The lowest BCUT2D eigenvalue weighted by Crippen LogP contribution is -2.07. The number of isocyanates is 1. The van der Waals surface area contributed by atoms with Crippen LogP contribution in [-0.2, 0) is 14.3 Å². The van der Waals surface area contributed by atoms with Crippen molar-refractivity contribution in [1.29, 1.82) is 5.26 Å². The Kier molecular flexibility index (Phi) is 4.61. The molecule has 1 rings (SSSR count). The molecule has 0 unspecified atom stereocenters. The lowest BCUT2D eigenvalue weighted by Gasteiger charge is -2.09. The summed E-state index contributed by atoms with van der Waals surface area (Å²) in [7, 11) is 1.27. The smallest absolute Gasteiger partial charge is 0.308 e. The number of rotatable bonds is 4. The van der Waals surface area contributed by atoms with Crippen LogP contribution in [0.15, 0.2) is 29.3 Å². The van der Waals surface area contributed by atoms with E-state index in [0.29, 0.717) is 11.1 Å². The topological polar surface area (TPSA) is 79.5 Å². The summed E-state index contributed by atoms with van der Waals surface area (Å²) in [5.41, 5.74) is 1.17. The normalized spacial score (nSPS) is 10.8. The van der Waals surface area contributed by atoms with Gasteiger partial charge in [-0.15, -0.1) is 0 Å². The van der Waals surface area contributed by atoms with E-state index in [9.17, 15) is 9.59 Å². The number of aliphatic imine (C=N–C) groups is 1. The van der Waals surface area contributed by atoms with Gasteiger partial charge >= 0.3 is 5.97 Å². The van der Waals surface area contributed by atoms with Gasteiger partial charge in [-0.1, -0.05) is 12.1 Å². The van der Waals surface area contributed by atoms with E-state index in [2.05, 4.69) is 9.73 Å². The maximum Gasteiger partial charge on any atom is 0.308 e. The van der Waals surface area contributed by atoms with Crippen molar-refractivity contribution in [3.63, 3.8) is 0 Å². The molecule has 1 atom stereocenters. The number of methoxy groups -OCH3 is 1. The molecule has 17 heavy (non-hydrogen) atoms. The van der Waals surface area contributed by atoms with Gasteiger partial charge in [-0.05, 0) is 17.7 Å². The second kappa shape index (κ2) is 6.21. The van der Waals surface area contributed by atoms with Crippen LogP contribution in [0, 0.1) is 11.3 Å². The summed E-state index contributed by atoms with van der Waals surface area (Å²) in [6.45, 7) is 0. The van der Waals surface area contributed by atoms with Crippen molar-refractivity contribution in [3.05, 3.63) is 35.4 Å². The van der Waals surface area contributed by atoms with Crippen molar-refractivity contribution in [1.82, 2.24) is 0 Å². The summed E-state index contributed by atoms with van der Waals surface area (Å²) in [6, 6.07) is 7.85. The summed E-state index contributed by atoms with van der Waals surface area (Å²) in [4.78, 5) is 25.0. The number of nitrogens with zero attached hydrogens (tertiary/aromatic N) is 2. The molecule has 0 radical (unpaired) electrons. The molecule has 0 bridgehead atoms. The molecule has 0 aliphatic rings. The van der Waals surface area contributed by atoms with Crippen LogP contribution in [0.5, 0.6) is 0 Å². The molecule has 0 aliphatic heterocycles. The fourth-order valence-electron chi connectivity index (χ4n) is 1.32. The molecule has 5 heteroatoms. The van der Waals surface area contributed by atoms with Crippen molar-refractivity contribution in [3.8, 4) is 6.07 Å². The second-order valence-electron chi connectivity index (χ2n) is 3.25. The summed E-state index contributed by atoms with van der Waals surface area (Å²) < 4.78 is 4.51. The predicted octanol–water partition coefficient (Wildman–Crippen LogP) is 1.50. The van der Waals surface area contributed by atoms with Gasteiger partial charge in [-0.3, -0.25) is 4.79 Å². The number of hydrogen-bond donors (Lipinski definition) is 0. The van der Waals surface area contributed by atoms with Crippen molar-refractivity contribution < 1.29 is 14.3 Å². The quantitative estimate of drug-likeness (QED) is 0.446. The minimum atomic E-state index is -0.618. The van der Waals surface area contributed by atoms with E-state index in [1.54, 1.807) is 24.3 Å². The predicted molar refractivity (Wildman–Crippen MR) is 58.7 cm³/mol. The van der Waals surface area contributed by atoms with Gasteiger partial charge < -0.3 is 4.74 Å². The first-order valence-corrected chi connectivity index (χ1v) is 4.85. The van der Waals surface area contributed by atoms with Gasteiger partial charge in [0, 0.05) is 0 Å². The Hall–Kier alpha value is -2.44. The van der Waals surface area contributed by atoms with E-state index in [1.165, 1.54) is 13.2 Å². The zero-order valence-corrected chi connectivity index (χ0v) is 9.21. The lowest BCUT2D eigenvalue weighted by molar-refractivity contribution is -0.141. The van der Waals surface area contributed by atoms with Gasteiger partial charge in [-0.2, -0.15) is 10.3 Å². The maximum absolute atomic E-state index is 11.1. The van der Waals surface area contributed by atoms with E-state index >= 15 is 0 Å². The largest absolute Gasteiger partial charge is 0.469 e. The highest BCUT2D eigenvalue weighted by atomic mass is 16.5. The molecule has 0 N–H and O–H groups in total. The zero-order chi connectivity index (χ0) is 12.7. The Labute approximate surface area is 98.3 Å². The average Bonchev–Trinajstić information content (AvgIpc) is 2.38. The number of ether oxygens (including phenoxy) is 1. The van der Waals surface area contributed by atoms with Crippen LogP contribution >= 0.6 is 0 Å². The van der Waals surface area contributed by atoms with Gasteiger partial charge in [-0.25, -0.2) is 4.79 Å². The molecular weight excluding hydrogens is 220 g/mol. The zero-order valence-electron chi connectivity index (χ0n) is 9.21. The molecule has 0 saturated heterocycles. The van der Waals surface area contributed by atoms with Crippen LogP contribution in [0.2, 0.25) is 0 Å². The minimum absolute atomic E-state index is 0.0301. The van der Waals surface area contributed by atoms with Crippen molar-refractivity contribution >= 4 is 12.0 Å². The standard InChI is InChI=1S/C12H10N2O3/c1-17-12(16)6-11(14-8-15)10-4-2-9(7-13)3-5-10/h2-5,11H,6H2,1H3/t11-/m1/s1. The molecule has 5 nitrogen and oxygen atoms in total. The van der Waals surface area contributed by atoms with Gasteiger partial charge in [0.05, 0.1) is 31.2 Å². The molecule has 1 aromatic rings. The van der Waals surface area contributed by atoms with Crippen LogP contribution < -0.4 is 0 Å². The Bertz CT molecular complexity index is 481. The monoisotopic (exact) mass is 230 g/mol. The van der Waals surface area contributed by atoms with Crippen molar-refractivity contribution in [2.75, 3.05) is 7.11 Å². The van der Waals surface area contributed by atoms with E-state index in [1.807, 2.05) is 6.07 Å². The third-order valence-corrected chi connectivity index (χ3v) is 2.22. The second-order valence-corrected chi connectivity index (χ2v) is 3.25. The van der Waals surface area contributed by atoms with E-state index < -0.39 is 12.0 Å². The Morgan fingerprint density at radius 1 is 1.47 bits per heavy atom. The van der Waals surface area contributed by atoms with Crippen molar-refractivity contribution in [2.24, 2.45) is 4.99 Å². The minimum Gasteiger partial charge on any atom is -0.469 e. The van der Waals surface area contributed by atoms with E-state index in [0.717, 1.165) is 0 Å². The molecule has 0 heterocycles. The molecule has 0 spiro atoms. The fraction of sp³-hybridized carbons (Fsp3) is 0.250. The number of esters is 1. The SMILES string of the molecule is COC(=O)C[C@@H](N=C=O)c1ccc(C#N)cc1. The molecular formula is C12H10N2O3. The summed E-state index contributed by atoms with van der Waals surface area (Å²) >= 11 is 0. The van der Waals surface area contributed by atoms with Crippen LogP contribution in [-0.4, -0.2) is 19.2 Å². The number of nitriles is 1. The highest BCUT2D eigenvalue weighted by molar-refractivity contribution is 5.70. The van der Waals surface area contributed by atoms with Crippen LogP contribution in [0.4, 0.5) is 0 Å².